The van der Waals surface area contributed by atoms with Crippen molar-refractivity contribution in [1.82, 2.24) is 4.57 Å². The van der Waals surface area contributed by atoms with Gasteiger partial charge < -0.3 is 4.57 Å². The second-order valence-corrected chi connectivity index (χ2v) is 12.1. The molecule has 43 heavy (non-hydrogen) atoms. The van der Waals surface area contributed by atoms with Crippen LogP contribution in [0.4, 0.5) is 0 Å². The molecule has 1 aromatic heterocycles. The summed E-state index contributed by atoms with van der Waals surface area (Å²) in [6.45, 7) is 0. The van der Waals surface area contributed by atoms with Gasteiger partial charge in [-0.3, -0.25) is 0 Å². The Morgan fingerprint density at radius 1 is 0.419 bits per heavy atom. The Hall–Kier alpha value is -5.40. The molecule has 1 nitrogen and oxygen atoms in total. The van der Waals surface area contributed by atoms with Crippen LogP contribution in [0.25, 0.3) is 66.0 Å². The third-order valence-corrected chi connectivity index (χ3v) is 10.2. The Balaban J connectivity index is 1.27. The monoisotopic (exact) mass is 545 g/mol. The molecule has 0 radical (unpaired) electrons. The smallest absolute Gasteiger partial charge is 0.0725 e. The molecule has 1 heteroatoms. The van der Waals surface area contributed by atoms with Crippen LogP contribution in [-0.2, 0) is 12.5 Å². The van der Waals surface area contributed by atoms with E-state index >= 15 is 0 Å². The number of rotatable bonds is 1. The van der Waals surface area contributed by atoms with E-state index in [-0.39, 0.29) is 5.41 Å². The second kappa shape index (κ2) is 8.12. The highest BCUT2D eigenvalue weighted by molar-refractivity contribution is 6.21. The lowest BCUT2D eigenvalue weighted by atomic mass is 9.70. The van der Waals surface area contributed by atoms with Crippen LogP contribution < -0.4 is 0 Å². The Labute approximate surface area is 250 Å². The van der Waals surface area contributed by atoms with E-state index in [1.54, 1.807) is 0 Å². The predicted octanol–water partition coefficient (Wildman–Crippen LogP) is 10.5. The topological polar surface area (TPSA) is 4.93 Å². The zero-order valence-corrected chi connectivity index (χ0v) is 23.8. The highest BCUT2D eigenvalue weighted by Gasteiger charge is 2.51. The second-order valence-electron chi connectivity index (χ2n) is 12.1. The van der Waals surface area contributed by atoms with Crippen molar-refractivity contribution >= 4 is 32.6 Å². The van der Waals surface area contributed by atoms with E-state index in [2.05, 4.69) is 157 Å². The summed E-state index contributed by atoms with van der Waals surface area (Å²) in [5.74, 6) is 0. The summed E-state index contributed by atoms with van der Waals surface area (Å²) in [6, 6.07) is 54.5. The van der Waals surface area contributed by atoms with Gasteiger partial charge in [-0.05, 0) is 90.7 Å². The van der Waals surface area contributed by atoms with Crippen molar-refractivity contribution in [3.63, 3.8) is 0 Å². The quantitative estimate of drug-likeness (QED) is 0.193. The van der Waals surface area contributed by atoms with Crippen molar-refractivity contribution in [3.8, 4) is 33.4 Å². The van der Waals surface area contributed by atoms with Crippen molar-refractivity contribution in [3.05, 3.63) is 168 Å². The average Bonchev–Trinajstić information content (AvgIpc) is 3.66. The van der Waals surface area contributed by atoms with Gasteiger partial charge in [-0.1, -0.05) is 121 Å². The van der Waals surface area contributed by atoms with Gasteiger partial charge in [0.15, 0.2) is 0 Å². The van der Waals surface area contributed by atoms with Gasteiger partial charge in [0, 0.05) is 28.9 Å². The molecule has 0 saturated heterocycles. The first kappa shape index (κ1) is 23.2. The summed E-state index contributed by atoms with van der Waals surface area (Å²) < 4.78 is 2.33. The minimum Gasteiger partial charge on any atom is -0.344 e. The minimum atomic E-state index is -0.325. The number of nitrogens with zero attached hydrogens (tertiary/aromatic N) is 1. The fourth-order valence-corrected chi connectivity index (χ4v) is 8.44. The van der Waals surface area contributed by atoms with Gasteiger partial charge in [0.25, 0.3) is 0 Å². The van der Waals surface area contributed by atoms with Gasteiger partial charge >= 0.3 is 0 Å². The lowest BCUT2D eigenvalue weighted by Gasteiger charge is -2.30. The van der Waals surface area contributed by atoms with E-state index < -0.39 is 0 Å². The number of benzene rings is 7. The molecule has 2 aliphatic rings. The standard InChI is InChI=1S/C42H27N/c1-43-39-22-20-27(24-34(39)41-29-11-3-2-10-26(29)19-23-40(41)43)28-18-21-33-32-14-6-9-17-37(32)42(38(33)25-28)35-15-7-4-12-30(35)31-13-5-8-16-36(31)42/h2-25H,1H3. The normalized spacial score (nSPS) is 13.9. The molecule has 8 aromatic rings. The first-order valence-corrected chi connectivity index (χ1v) is 15.1. The van der Waals surface area contributed by atoms with Gasteiger partial charge in [0.2, 0.25) is 0 Å². The molecule has 0 fully saturated rings. The van der Waals surface area contributed by atoms with Gasteiger partial charge in [0.05, 0.1) is 5.41 Å². The number of fused-ring (bicyclic) bond motifs is 15. The lowest BCUT2D eigenvalue weighted by molar-refractivity contribution is 0.794. The van der Waals surface area contributed by atoms with E-state index in [1.165, 1.54) is 88.2 Å². The highest BCUT2D eigenvalue weighted by atomic mass is 14.9. The molecule has 7 aromatic carbocycles. The van der Waals surface area contributed by atoms with Gasteiger partial charge in [0.1, 0.15) is 0 Å². The van der Waals surface area contributed by atoms with E-state index in [0.29, 0.717) is 0 Å². The molecular weight excluding hydrogens is 518 g/mol. The van der Waals surface area contributed by atoms with E-state index in [4.69, 9.17) is 0 Å². The van der Waals surface area contributed by atoms with Crippen LogP contribution in [0.3, 0.4) is 0 Å². The van der Waals surface area contributed by atoms with Crippen molar-refractivity contribution in [2.24, 2.45) is 7.05 Å². The summed E-state index contributed by atoms with van der Waals surface area (Å²) in [7, 11) is 2.18. The van der Waals surface area contributed by atoms with Crippen LogP contribution >= 0.6 is 0 Å². The Morgan fingerprint density at radius 2 is 0.953 bits per heavy atom. The van der Waals surface area contributed by atoms with Crippen LogP contribution in [0.5, 0.6) is 0 Å². The maximum absolute atomic E-state index is 2.48. The van der Waals surface area contributed by atoms with E-state index in [1.807, 2.05) is 0 Å². The molecule has 0 atom stereocenters. The van der Waals surface area contributed by atoms with Crippen LogP contribution in [0.15, 0.2) is 146 Å². The molecule has 10 rings (SSSR count). The predicted molar refractivity (Wildman–Crippen MR) is 180 cm³/mol. The summed E-state index contributed by atoms with van der Waals surface area (Å²) in [4.78, 5) is 0. The molecular formula is C42H27N. The molecule has 0 bridgehead atoms. The van der Waals surface area contributed by atoms with Gasteiger partial charge in [-0.2, -0.15) is 0 Å². The SMILES string of the molecule is Cn1c2ccc(-c3ccc4c(c3)C3(c5ccccc5-c5ccccc53)c3ccccc3-4)cc2c2c3ccccc3ccc21. The van der Waals surface area contributed by atoms with Crippen LogP contribution in [0.2, 0.25) is 0 Å². The molecule has 1 spiro atoms. The molecule has 0 amide bonds. The molecule has 2 aliphatic carbocycles. The highest BCUT2D eigenvalue weighted by Crippen LogP contribution is 2.63. The van der Waals surface area contributed by atoms with Crippen molar-refractivity contribution in [2.75, 3.05) is 0 Å². The van der Waals surface area contributed by atoms with Crippen LogP contribution in [0, 0.1) is 0 Å². The van der Waals surface area contributed by atoms with Crippen LogP contribution in [0.1, 0.15) is 22.3 Å². The van der Waals surface area contributed by atoms with Crippen molar-refractivity contribution in [1.29, 1.82) is 0 Å². The first-order valence-electron chi connectivity index (χ1n) is 15.1. The number of hydrogen-bond acceptors (Lipinski definition) is 0. The summed E-state index contributed by atoms with van der Waals surface area (Å²) in [5.41, 5.74) is 15.6. The third-order valence-electron chi connectivity index (χ3n) is 10.2. The maximum atomic E-state index is 2.48. The zero-order valence-electron chi connectivity index (χ0n) is 23.8. The largest absolute Gasteiger partial charge is 0.344 e. The maximum Gasteiger partial charge on any atom is 0.0725 e. The fraction of sp³-hybridized carbons (Fsp3) is 0.0476. The summed E-state index contributed by atoms with van der Waals surface area (Å²) in [5, 5.41) is 5.23. The summed E-state index contributed by atoms with van der Waals surface area (Å²) >= 11 is 0. The van der Waals surface area contributed by atoms with Crippen LogP contribution in [-0.4, -0.2) is 4.57 Å². The van der Waals surface area contributed by atoms with Gasteiger partial charge in [-0.15, -0.1) is 0 Å². The Kier molecular flexibility index (Phi) is 4.38. The number of aryl methyl sites for hydroxylation is 1. The number of aromatic nitrogens is 1. The average molecular weight is 546 g/mol. The molecule has 0 saturated carbocycles. The molecule has 1 heterocycles. The molecule has 0 unspecified atom stereocenters. The van der Waals surface area contributed by atoms with E-state index in [0.717, 1.165) is 0 Å². The first-order chi connectivity index (χ1) is 21.2. The minimum absolute atomic E-state index is 0.325. The Morgan fingerprint density at radius 3 is 1.65 bits per heavy atom. The molecule has 0 aliphatic heterocycles. The molecule has 0 N–H and O–H groups in total. The van der Waals surface area contributed by atoms with Gasteiger partial charge in [-0.25, -0.2) is 0 Å². The number of hydrogen-bond donors (Lipinski definition) is 0. The molecule has 200 valence electrons. The van der Waals surface area contributed by atoms with Crippen molar-refractivity contribution < 1.29 is 0 Å². The van der Waals surface area contributed by atoms with Crippen molar-refractivity contribution in [2.45, 2.75) is 5.41 Å². The van der Waals surface area contributed by atoms with E-state index in [9.17, 15) is 0 Å². The lowest BCUT2D eigenvalue weighted by Crippen LogP contribution is -2.25. The summed E-state index contributed by atoms with van der Waals surface area (Å²) in [6.07, 6.45) is 0. The zero-order chi connectivity index (χ0) is 28.3. The third kappa shape index (κ3) is 2.78. The fourth-order valence-electron chi connectivity index (χ4n) is 8.44. The Bertz CT molecular complexity index is 2410.